The molecule has 42 heavy (non-hydrogen) atoms. The lowest BCUT2D eigenvalue weighted by molar-refractivity contribution is -0.118. The molecule has 0 saturated heterocycles. The van der Waals surface area contributed by atoms with Crippen molar-refractivity contribution in [2.75, 3.05) is 11.9 Å². The van der Waals surface area contributed by atoms with Crippen LogP contribution in [-0.4, -0.2) is 33.2 Å². The molecule has 1 unspecified atom stereocenters. The van der Waals surface area contributed by atoms with Crippen LogP contribution in [-0.2, 0) is 17.8 Å². The second-order valence-electron chi connectivity index (χ2n) is 9.72. The molecule has 0 aliphatic rings. The van der Waals surface area contributed by atoms with Crippen molar-refractivity contribution < 1.29 is 9.18 Å². The van der Waals surface area contributed by atoms with Gasteiger partial charge in [-0.05, 0) is 53.4 Å². The molecule has 2 aromatic carbocycles. The predicted octanol–water partition coefficient (Wildman–Crippen LogP) is 5.06. The third-order valence-electron chi connectivity index (χ3n) is 6.83. The topological polar surface area (TPSA) is 130 Å². The molecule has 210 valence electrons. The first-order chi connectivity index (χ1) is 20.5. The molecule has 8 nitrogen and oxygen atoms in total. The zero-order valence-electron chi connectivity index (χ0n) is 22.8. The molecule has 0 spiro atoms. The van der Waals surface area contributed by atoms with Gasteiger partial charge in [-0.1, -0.05) is 48.5 Å². The molecule has 1 amide bonds. The number of benzene rings is 2. The van der Waals surface area contributed by atoms with Crippen LogP contribution >= 0.6 is 0 Å². The maximum atomic E-state index is 13.7. The normalized spacial score (nSPS) is 11.5. The first-order valence-corrected chi connectivity index (χ1v) is 13.5. The number of amides is 1. The Hall–Kier alpha value is -5.44. The lowest BCUT2D eigenvalue weighted by atomic mass is 9.90. The Kier molecular flexibility index (Phi) is 8.88. The fraction of sp³-hybridized carbons (Fsp3) is 0.121. The molecule has 0 aliphatic carbocycles. The number of carbonyl (C=O) groups excluding carboxylic acids is 1. The zero-order valence-corrected chi connectivity index (χ0v) is 22.8. The minimum atomic E-state index is -0.786. The zero-order chi connectivity index (χ0) is 29.3. The van der Waals surface area contributed by atoms with Gasteiger partial charge in [-0.2, -0.15) is 0 Å². The van der Waals surface area contributed by atoms with Crippen LogP contribution in [0, 0.1) is 11.2 Å². The quantitative estimate of drug-likeness (QED) is 0.132. The summed E-state index contributed by atoms with van der Waals surface area (Å²) in [5.41, 5.74) is 11.6. The molecule has 0 aliphatic heterocycles. The molecule has 0 saturated carbocycles. The number of nitrogens with two attached hydrogens (primary N) is 1. The number of hydrogen-bond donors (Lipinski definition) is 4. The first kappa shape index (κ1) is 28.1. The average Bonchev–Trinajstić information content (AvgIpc) is 3.01. The van der Waals surface area contributed by atoms with Gasteiger partial charge in [0.1, 0.15) is 11.7 Å². The van der Waals surface area contributed by atoms with E-state index in [0.717, 1.165) is 16.7 Å². The largest absolute Gasteiger partial charge is 0.384 e. The van der Waals surface area contributed by atoms with E-state index in [1.165, 1.54) is 12.1 Å². The predicted molar refractivity (Wildman–Crippen MR) is 161 cm³/mol. The van der Waals surface area contributed by atoms with Gasteiger partial charge in [-0.25, -0.2) is 4.39 Å². The Morgan fingerprint density at radius 3 is 2.43 bits per heavy atom. The van der Waals surface area contributed by atoms with E-state index < -0.39 is 11.8 Å². The van der Waals surface area contributed by atoms with Crippen LogP contribution in [0.5, 0.6) is 0 Å². The van der Waals surface area contributed by atoms with E-state index >= 15 is 0 Å². The molecule has 5 N–H and O–H groups in total. The number of primary amides is 1. The summed E-state index contributed by atoms with van der Waals surface area (Å²) < 4.78 is 13.7. The second kappa shape index (κ2) is 13.3. The molecule has 5 aromatic rings. The van der Waals surface area contributed by atoms with E-state index in [4.69, 9.17) is 16.1 Å². The van der Waals surface area contributed by atoms with E-state index in [-0.39, 0.29) is 11.7 Å². The van der Waals surface area contributed by atoms with Crippen LogP contribution < -0.4 is 16.4 Å². The third-order valence-corrected chi connectivity index (χ3v) is 6.83. The third kappa shape index (κ3) is 6.82. The number of nitrogens with one attached hydrogen (secondary N) is 3. The van der Waals surface area contributed by atoms with Crippen molar-refractivity contribution >= 4 is 17.4 Å². The maximum absolute atomic E-state index is 13.7. The summed E-state index contributed by atoms with van der Waals surface area (Å²) >= 11 is 0. The van der Waals surface area contributed by atoms with E-state index in [1.54, 1.807) is 49.2 Å². The van der Waals surface area contributed by atoms with Crippen LogP contribution in [0.2, 0.25) is 0 Å². The van der Waals surface area contributed by atoms with E-state index in [2.05, 4.69) is 20.6 Å². The number of nitrogens with zero attached hydrogens (tertiary/aromatic N) is 3. The number of amidine groups is 1. The van der Waals surface area contributed by atoms with Crippen molar-refractivity contribution in [3.8, 4) is 11.3 Å². The SMILES string of the molecule is N=C(NCc1cccnc1)c1ccccc1-c1cc(NCCc2cccc(F)c2)c(C(C(N)=O)c2cccnc2)cn1. The van der Waals surface area contributed by atoms with Crippen LogP contribution in [0.3, 0.4) is 0 Å². The Morgan fingerprint density at radius 2 is 1.69 bits per heavy atom. The fourth-order valence-electron chi connectivity index (χ4n) is 4.79. The van der Waals surface area contributed by atoms with Crippen molar-refractivity contribution in [1.29, 1.82) is 5.41 Å². The summed E-state index contributed by atoms with van der Waals surface area (Å²) in [6.45, 7) is 0.925. The van der Waals surface area contributed by atoms with E-state index in [0.29, 0.717) is 47.6 Å². The van der Waals surface area contributed by atoms with Gasteiger partial charge in [0.05, 0.1) is 11.6 Å². The number of halogens is 1. The number of pyridine rings is 3. The van der Waals surface area contributed by atoms with Crippen molar-refractivity contribution in [1.82, 2.24) is 20.3 Å². The molecule has 3 heterocycles. The molecular formula is C33H30FN7O. The lowest BCUT2D eigenvalue weighted by Gasteiger charge is -2.20. The Morgan fingerprint density at radius 1 is 0.905 bits per heavy atom. The Balaban J connectivity index is 1.48. The van der Waals surface area contributed by atoms with Gasteiger partial charge in [0, 0.05) is 66.5 Å². The molecule has 0 fully saturated rings. The van der Waals surface area contributed by atoms with Gasteiger partial charge in [-0.15, -0.1) is 0 Å². The van der Waals surface area contributed by atoms with Crippen LogP contribution in [0.4, 0.5) is 10.1 Å². The number of hydrogen-bond acceptors (Lipinski definition) is 6. The Bertz CT molecular complexity index is 1680. The van der Waals surface area contributed by atoms with E-state index in [1.807, 2.05) is 48.5 Å². The number of carbonyl (C=O) groups is 1. The van der Waals surface area contributed by atoms with Gasteiger partial charge in [-0.3, -0.25) is 25.2 Å². The fourth-order valence-corrected chi connectivity index (χ4v) is 4.79. The Labute approximate surface area is 243 Å². The molecule has 0 radical (unpaired) electrons. The average molecular weight is 560 g/mol. The highest BCUT2D eigenvalue weighted by molar-refractivity contribution is 6.02. The van der Waals surface area contributed by atoms with Crippen molar-refractivity contribution in [2.45, 2.75) is 18.9 Å². The summed E-state index contributed by atoms with van der Waals surface area (Å²) in [6, 6.07) is 23.2. The molecular weight excluding hydrogens is 529 g/mol. The number of aromatic nitrogens is 3. The monoisotopic (exact) mass is 559 g/mol. The molecule has 3 aromatic heterocycles. The van der Waals surface area contributed by atoms with Crippen LogP contribution in [0.1, 0.15) is 33.7 Å². The van der Waals surface area contributed by atoms with Crippen molar-refractivity contribution in [3.05, 3.63) is 143 Å². The van der Waals surface area contributed by atoms with Crippen molar-refractivity contribution in [3.63, 3.8) is 0 Å². The van der Waals surface area contributed by atoms with Crippen LogP contribution in [0.15, 0.2) is 110 Å². The number of rotatable bonds is 11. The summed E-state index contributed by atoms with van der Waals surface area (Å²) in [7, 11) is 0. The van der Waals surface area contributed by atoms with Gasteiger partial charge in [0.25, 0.3) is 0 Å². The highest BCUT2D eigenvalue weighted by Gasteiger charge is 2.25. The summed E-state index contributed by atoms with van der Waals surface area (Å²) in [5, 5.41) is 15.3. The van der Waals surface area contributed by atoms with Gasteiger partial charge >= 0.3 is 0 Å². The minimum Gasteiger partial charge on any atom is -0.384 e. The standard InChI is InChI=1S/C33H30FN7O/c34-25-9-3-6-22(16-25)12-15-39-30-17-29(40-21-28(30)31(33(36)42)24-8-5-14-38-20-24)26-10-1-2-11-27(26)32(35)41-19-23-7-4-13-37-18-23/h1-11,13-14,16-18,20-21,31H,12,15,19H2,(H2,35,41)(H2,36,42)(H,39,40). The summed E-state index contributed by atoms with van der Waals surface area (Å²) in [6.07, 6.45) is 8.92. The van der Waals surface area contributed by atoms with Gasteiger partial charge in [0.15, 0.2) is 0 Å². The molecule has 9 heteroatoms. The van der Waals surface area contributed by atoms with Gasteiger partial charge in [0.2, 0.25) is 5.91 Å². The van der Waals surface area contributed by atoms with Crippen LogP contribution in [0.25, 0.3) is 11.3 Å². The molecule has 0 bridgehead atoms. The summed E-state index contributed by atoms with van der Waals surface area (Å²) in [4.78, 5) is 25.8. The van der Waals surface area contributed by atoms with Crippen molar-refractivity contribution in [2.24, 2.45) is 5.73 Å². The molecule has 1 atom stereocenters. The van der Waals surface area contributed by atoms with E-state index in [9.17, 15) is 9.18 Å². The number of anilines is 1. The second-order valence-corrected chi connectivity index (χ2v) is 9.72. The maximum Gasteiger partial charge on any atom is 0.229 e. The molecule has 5 rings (SSSR count). The summed E-state index contributed by atoms with van der Waals surface area (Å²) in [5.74, 6) is -1.37. The smallest absolute Gasteiger partial charge is 0.229 e. The highest BCUT2D eigenvalue weighted by atomic mass is 19.1. The first-order valence-electron chi connectivity index (χ1n) is 13.5. The highest BCUT2D eigenvalue weighted by Crippen LogP contribution is 2.33. The van der Waals surface area contributed by atoms with Gasteiger partial charge < -0.3 is 16.4 Å². The lowest BCUT2D eigenvalue weighted by Crippen LogP contribution is -2.24. The minimum absolute atomic E-state index is 0.242.